The van der Waals surface area contributed by atoms with Gasteiger partial charge in [-0.2, -0.15) is 0 Å². The summed E-state index contributed by atoms with van der Waals surface area (Å²) < 4.78 is 56.5. The number of pyridine rings is 2. The minimum absolute atomic E-state index is 0.134. The molecule has 3 aromatic rings. The van der Waals surface area contributed by atoms with Gasteiger partial charge < -0.3 is 5.32 Å². The van der Waals surface area contributed by atoms with Crippen molar-refractivity contribution in [3.8, 4) is 0 Å². The number of hydrogen-bond acceptors (Lipinski definition) is 6. The molecule has 1 aliphatic heterocycles. The predicted molar refractivity (Wildman–Crippen MR) is 106 cm³/mol. The molecule has 2 aromatic heterocycles. The molecule has 154 valence electrons. The Labute approximate surface area is 171 Å². The van der Waals surface area contributed by atoms with Gasteiger partial charge in [-0.3, -0.25) is 14.5 Å². The molecule has 3 heterocycles. The number of anilines is 2. The van der Waals surface area contributed by atoms with Crippen LogP contribution < -0.4 is 10.0 Å². The zero-order valence-corrected chi connectivity index (χ0v) is 16.5. The van der Waals surface area contributed by atoms with Crippen molar-refractivity contribution in [2.75, 3.05) is 16.6 Å². The molecule has 1 unspecified atom stereocenters. The Kier molecular flexibility index (Phi) is 4.94. The first kappa shape index (κ1) is 19.9. The highest BCUT2D eigenvalue weighted by atomic mass is 32.2. The number of aromatic nitrogens is 2. The fraction of sp³-hybridized carbons (Fsp3) is 0.150. The first-order valence-electron chi connectivity index (χ1n) is 8.93. The summed E-state index contributed by atoms with van der Waals surface area (Å²) in [7, 11) is -4.17. The lowest BCUT2D eigenvalue weighted by Gasteiger charge is -2.14. The van der Waals surface area contributed by atoms with E-state index in [0.717, 1.165) is 23.9 Å². The standard InChI is InChI=1S/C20H16F2N4O3S/c1-11-7-13-14(10-25-20(13)24-8-11)19(27)17-15(21)4-5-16(18(17)22)26-30(28,29)12-3-2-6-23-9-12/h2-9,14,26H,10H2,1H3,(H,24,25). The number of sulfonamides is 1. The van der Waals surface area contributed by atoms with Gasteiger partial charge in [0.25, 0.3) is 10.0 Å². The quantitative estimate of drug-likeness (QED) is 0.603. The third-order valence-corrected chi connectivity index (χ3v) is 6.10. The molecule has 10 heteroatoms. The molecule has 0 saturated heterocycles. The van der Waals surface area contributed by atoms with Gasteiger partial charge in [-0.15, -0.1) is 0 Å². The Morgan fingerprint density at radius 2 is 2.03 bits per heavy atom. The molecule has 0 saturated carbocycles. The first-order valence-corrected chi connectivity index (χ1v) is 10.4. The zero-order chi connectivity index (χ0) is 21.5. The van der Waals surface area contributed by atoms with Gasteiger partial charge in [0.2, 0.25) is 0 Å². The summed E-state index contributed by atoms with van der Waals surface area (Å²) >= 11 is 0. The largest absolute Gasteiger partial charge is 0.369 e. The number of carbonyl (C=O) groups excluding carboxylic acids is 1. The van der Waals surface area contributed by atoms with Crippen molar-refractivity contribution in [1.82, 2.24) is 9.97 Å². The van der Waals surface area contributed by atoms with Crippen molar-refractivity contribution >= 4 is 27.3 Å². The number of rotatable bonds is 5. The Morgan fingerprint density at radius 1 is 1.23 bits per heavy atom. The molecule has 0 bridgehead atoms. The molecular weight excluding hydrogens is 414 g/mol. The van der Waals surface area contributed by atoms with E-state index in [1.54, 1.807) is 19.2 Å². The van der Waals surface area contributed by atoms with Crippen molar-refractivity contribution in [2.45, 2.75) is 17.7 Å². The Hall–Kier alpha value is -3.40. The van der Waals surface area contributed by atoms with Gasteiger partial charge in [-0.25, -0.2) is 22.2 Å². The number of nitrogens with zero attached hydrogens (tertiary/aromatic N) is 2. The summed E-state index contributed by atoms with van der Waals surface area (Å²) in [6, 6.07) is 6.21. The van der Waals surface area contributed by atoms with E-state index in [-0.39, 0.29) is 11.4 Å². The number of benzene rings is 1. The van der Waals surface area contributed by atoms with Crippen LogP contribution in [-0.4, -0.2) is 30.7 Å². The highest BCUT2D eigenvalue weighted by Crippen LogP contribution is 2.35. The van der Waals surface area contributed by atoms with E-state index in [9.17, 15) is 17.6 Å². The first-order chi connectivity index (χ1) is 14.3. The maximum atomic E-state index is 15.1. The maximum absolute atomic E-state index is 15.1. The van der Waals surface area contributed by atoms with Gasteiger partial charge in [-0.05, 0) is 36.8 Å². The zero-order valence-electron chi connectivity index (χ0n) is 15.7. The molecule has 0 amide bonds. The molecule has 0 spiro atoms. The van der Waals surface area contributed by atoms with Gasteiger partial charge in [0.15, 0.2) is 11.6 Å². The maximum Gasteiger partial charge on any atom is 0.263 e. The summed E-state index contributed by atoms with van der Waals surface area (Å²) in [5.74, 6) is -3.52. The van der Waals surface area contributed by atoms with Gasteiger partial charge in [-0.1, -0.05) is 6.07 Å². The predicted octanol–water partition coefficient (Wildman–Crippen LogP) is 3.26. The number of fused-ring (bicyclic) bond motifs is 1. The molecule has 0 radical (unpaired) electrons. The van der Waals surface area contributed by atoms with Crippen molar-refractivity contribution in [1.29, 1.82) is 0 Å². The SMILES string of the molecule is Cc1cnc2c(c1)C(C(=O)c1c(F)ccc(NS(=O)(=O)c3cccnc3)c1F)CN2. The molecule has 2 N–H and O–H groups in total. The van der Waals surface area contributed by atoms with Crippen LogP contribution in [0.4, 0.5) is 20.3 Å². The molecule has 1 atom stereocenters. The van der Waals surface area contributed by atoms with E-state index in [1.807, 2.05) is 0 Å². The highest BCUT2D eigenvalue weighted by molar-refractivity contribution is 7.92. The van der Waals surface area contributed by atoms with Crippen LogP contribution in [0, 0.1) is 18.6 Å². The van der Waals surface area contributed by atoms with E-state index in [0.29, 0.717) is 11.4 Å². The number of aryl methyl sites for hydroxylation is 1. The summed E-state index contributed by atoms with van der Waals surface area (Å²) in [5.41, 5.74) is 0.00834. The number of halogens is 2. The number of ketones is 1. The highest BCUT2D eigenvalue weighted by Gasteiger charge is 2.34. The molecule has 0 fully saturated rings. The van der Waals surface area contributed by atoms with Gasteiger partial charge in [0.1, 0.15) is 16.5 Å². The van der Waals surface area contributed by atoms with Crippen LogP contribution >= 0.6 is 0 Å². The van der Waals surface area contributed by atoms with E-state index in [4.69, 9.17) is 0 Å². The topological polar surface area (TPSA) is 101 Å². The van der Waals surface area contributed by atoms with Gasteiger partial charge >= 0.3 is 0 Å². The van der Waals surface area contributed by atoms with Crippen LogP contribution in [0.1, 0.15) is 27.4 Å². The number of carbonyl (C=O) groups is 1. The Bertz CT molecular complexity index is 1250. The molecule has 0 aliphatic carbocycles. The second-order valence-corrected chi connectivity index (χ2v) is 8.51. The van der Waals surface area contributed by atoms with Gasteiger partial charge in [0, 0.05) is 30.7 Å². The molecule has 7 nitrogen and oxygen atoms in total. The van der Waals surface area contributed by atoms with Crippen LogP contribution in [-0.2, 0) is 10.0 Å². The fourth-order valence-corrected chi connectivity index (χ4v) is 4.31. The fourth-order valence-electron chi connectivity index (χ4n) is 3.29. The number of Topliss-reactive ketones (excluding diaryl/α,β-unsaturated/α-hetero) is 1. The van der Waals surface area contributed by atoms with Crippen molar-refractivity contribution < 1.29 is 22.0 Å². The van der Waals surface area contributed by atoms with Crippen LogP contribution in [0.3, 0.4) is 0 Å². The lowest BCUT2D eigenvalue weighted by Crippen LogP contribution is -2.20. The second-order valence-electron chi connectivity index (χ2n) is 6.83. The van der Waals surface area contributed by atoms with E-state index < -0.39 is 44.6 Å². The van der Waals surface area contributed by atoms with E-state index in [1.165, 1.54) is 18.3 Å². The third-order valence-electron chi connectivity index (χ3n) is 4.75. The van der Waals surface area contributed by atoms with Crippen LogP contribution in [0.25, 0.3) is 0 Å². The van der Waals surface area contributed by atoms with Crippen molar-refractivity contribution in [2.24, 2.45) is 0 Å². The Morgan fingerprint density at radius 3 is 2.77 bits per heavy atom. The second kappa shape index (κ2) is 7.45. The normalized spacial score (nSPS) is 15.4. The van der Waals surface area contributed by atoms with E-state index in [2.05, 4.69) is 20.0 Å². The minimum Gasteiger partial charge on any atom is -0.369 e. The summed E-state index contributed by atoms with van der Waals surface area (Å²) in [6.45, 7) is 1.93. The van der Waals surface area contributed by atoms with Crippen LogP contribution in [0.15, 0.2) is 53.8 Å². The number of hydrogen-bond donors (Lipinski definition) is 2. The average Bonchev–Trinajstić information content (AvgIpc) is 3.14. The molecule has 1 aromatic carbocycles. The minimum atomic E-state index is -4.17. The summed E-state index contributed by atoms with van der Waals surface area (Å²) in [5, 5.41) is 2.95. The van der Waals surface area contributed by atoms with Crippen LogP contribution in [0.5, 0.6) is 0 Å². The van der Waals surface area contributed by atoms with Crippen molar-refractivity contribution in [3.63, 3.8) is 0 Å². The average molecular weight is 430 g/mol. The monoisotopic (exact) mass is 430 g/mol. The van der Waals surface area contributed by atoms with Crippen LogP contribution in [0.2, 0.25) is 0 Å². The summed E-state index contributed by atoms with van der Waals surface area (Å²) in [6.07, 6.45) is 4.10. The lowest BCUT2D eigenvalue weighted by atomic mass is 9.92. The lowest BCUT2D eigenvalue weighted by molar-refractivity contribution is 0.0958. The third kappa shape index (κ3) is 3.50. The van der Waals surface area contributed by atoms with Crippen molar-refractivity contribution in [3.05, 3.63) is 77.2 Å². The smallest absolute Gasteiger partial charge is 0.263 e. The molecular formula is C20H16F2N4O3S. The Balaban J connectivity index is 1.71. The van der Waals surface area contributed by atoms with Gasteiger partial charge in [0.05, 0.1) is 17.2 Å². The molecule has 4 rings (SSSR count). The number of nitrogens with one attached hydrogen (secondary N) is 2. The summed E-state index contributed by atoms with van der Waals surface area (Å²) in [4.78, 5) is 20.7. The molecule has 30 heavy (non-hydrogen) atoms. The molecule has 1 aliphatic rings. The van der Waals surface area contributed by atoms with E-state index >= 15 is 4.39 Å².